The summed E-state index contributed by atoms with van der Waals surface area (Å²) in [4.78, 5) is 15.8. The summed E-state index contributed by atoms with van der Waals surface area (Å²) in [7, 11) is 0. The first kappa shape index (κ1) is 15.0. The Balaban J connectivity index is 1.62. The first-order valence-corrected chi connectivity index (χ1v) is 8.73. The quantitative estimate of drug-likeness (QED) is 0.610. The van der Waals surface area contributed by atoms with Crippen molar-refractivity contribution >= 4 is 23.2 Å². The monoisotopic (exact) mass is 311 g/mol. The molecule has 118 valence electrons. The van der Waals surface area contributed by atoms with Crippen molar-refractivity contribution in [2.75, 3.05) is 26.2 Å². The number of nitrogens with zero attached hydrogens (tertiary/aromatic N) is 1. The first-order valence-electron chi connectivity index (χ1n) is 8.32. The summed E-state index contributed by atoms with van der Waals surface area (Å²) in [5.41, 5.74) is 5.46. The number of quaternary nitrogens is 1. The molecule has 6 heteroatoms. The van der Waals surface area contributed by atoms with Gasteiger partial charge in [0.2, 0.25) is 0 Å². The smallest absolute Gasteiger partial charge is 0.278 e. The van der Waals surface area contributed by atoms with Crippen LogP contribution >= 0.6 is 12.2 Å². The van der Waals surface area contributed by atoms with E-state index in [2.05, 4.69) is 10.2 Å². The number of piperidine rings is 2. The van der Waals surface area contributed by atoms with Gasteiger partial charge in [-0.05, 0) is 44.3 Å². The minimum Gasteiger partial charge on any atom is -0.364 e. The van der Waals surface area contributed by atoms with Crippen LogP contribution in [0.4, 0.5) is 0 Å². The van der Waals surface area contributed by atoms with E-state index >= 15 is 0 Å². The zero-order valence-electron chi connectivity index (χ0n) is 12.7. The lowest BCUT2D eigenvalue weighted by atomic mass is 9.83. The molecule has 0 atom stereocenters. The van der Waals surface area contributed by atoms with Crippen LogP contribution in [-0.2, 0) is 4.79 Å². The van der Waals surface area contributed by atoms with E-state index in [1.54, 1.807) is 0 Å². The Morgan fingerprint density at radius 2 is 1.81 bits per heavy atom. The Morgan fingerprint density at radius 1 is 1.19 bits per heavy atom. The SMILES string of the molecule is NC(=O)C1([NH+]2CCCCC2)CCN(C(=S)NC2CC2)CC1. The first-order chi connectivity index (χ1) is 10.1. The van der Waals surface area contributed by atoms with Crippen LogP contribution in [-0.4, -0.2) is 53.7 Å². The van der Waals surface area contributed by atoms with Crippen molar-refractivity contribution < 1.29 is 9.69 Å². The van der Waals surface area contributed by atoms with Gasteiger partial charge in [0.05, 0.1) is 13.1 Å². The molecule has 2 saturated heterocycles. The number of rotatable bonds is 3. The van der Waals surface area contributed by atoms with E-state index in [1.807, 2.05) is 0 Å². The van der Waals surface area contributed by atoms with E-state index in [9.17, 15) is 4.79 Å². The molecule has 5 nitrogen and oxygen atoms in total. The van der Waals surface area contributed by atoms with Crippen molar-refractivity contribution in [1.82, 2.24) is 10.2 Å². The summed E-state index contributed by atoms with van der Waals surface area (Å²) in [5.74, 6) is -0.111. The number of primary amides is 1. The van der Waals surface area contributed by atoms with Crippen LogP contribution in [0.15, 0.2) is 0 Å². The van der Waals surface area contributed by atoms with Gasteiger partial charge in [0.15, 0.2) is 10.7 Å². The normalized spacial score (nSPS) is 26.4. The van der Waals surface area contributed by atoms with Crippen molar-refractivity contribution in [3.8, 4) is 0 Å². The highest BCUT2D eigenvalue weighted by Crippen LogP contribution is 2.23. The van der Waals surface area contributed by atoms with Crippen molar-refractivity contribution in [3.63, 3.8) is 0 Å². The molecule has 0 aromatic heterocycles. The molecule has 1 aliphatic carbocycles. The maximum Gasteiger partial charge on any atom is 0.278 e. The molecule has 3 fully saturated rings. The van der Waals surface area contributed by atoms with Crippen molar-refractivity contribution in [1.29, 1.82) is 0 Å². The number of amides is 1. The second-order valence-electron chi connectivity index (χ2n) is 6.82. The van der Waals surface area contributed by atoms with Gasteiger partial charge in [-0.2, -0.15) is 0 Å². The van der Waals surface area contributed by atoms with E-state index in [0.717, 1.165) is 44.1 Å². The van der Waals surface area contributed by atoms with E-state index in [4.69, 9.17) is 18.0 Å². The fraction of sp³-hybridized carbons (Fsp3) is 0.867. The van der Waals surface area contributed by atoms with Crippen LogP contribution in [0.1, 0.15) is 44.9 Å². The van der Waals surface area contributed by atoms with Crippen molar-refractivity contribution in [2.24, 2.45) is 5.73 Å². The number of thiocarbonyl (C=S) groups is 1. The van der Waals surface area contributed by atoms with Crippen molar-refractivity contribution in [2.45, 2.75) is 56.5 Å². The summed E-state index contributed by atoms with van der Waals surface area (Å²) in [5, 5.41) is 4.26. The van der Waals surface area contributed by atoms with Crippen molar-refractivity contribution in [3.05, 3.63) is 0 Å². The van der Waals surface area contributed by atoms with Gasteiger partial charge in [-0.3, -0.25) is 4.79 Å². The minimum absolute atomic E-state index is 0.111. The standard InChI is InChI=1S/C15H26N4OS/c16-13(20)15(19-8-2-1-3-9-19)6-10-18(11-7-15)14(21)17-12-4-5-12/h12H,1-11H2,(H2,16,20)(H,17,21)/p+1. The van der Waals surface area contributed by atoms with Gasteiger partial charge in [-0.25, -0.2) is 0 Å². The molecule has 0 radical (unpaired) electrons. The summed E-state index contributed by atoms with van der Waals surface area (Å²) in [6.45, 7) is 3.89. The molecule has 21 heavy (non-hydrogen) atoms. The third kappa shape index (κ3) is 3.16. The molecule has 0 unspecified atom stereocenters. The lowest BCUT2D eigenvalue weighted by Gasteiger charge is -2.45. The Bertz CT molecular complexity index is 410. The maximum atomic E-state index is 12.2. The summed E-state index contributed by atoms with van der Waals surface area (Å²) >= 11 is 5.48. The Hall–Kier alpha value is -0.880. The van der Waals surface area contributed by atoms with Crippen LogP contribution in [0.5, 0.6) is 0 Å². The molecule has 0 aromatic rings. The highest BCUT2D eigenvalue weighted by atomic mass is 32.1. The number of nitrogens with one attached hydrogen (secondary N) is 2. The minimum atomic E-state index is -0.355. The Morgan fingerprint density at radius 3 is 2.33 bits per heavy atom. The van der Waals surface area contributed by atoms with Gasteiger partial charge in [0.1, 0.15) is 0 Å². The molecular formula is C15H27N4OS+. The van der Waals surface area contributed by atoms with Crippen LogP contribution in [0.2, 0.25) is 0 Å². The summed E-state index contributed by atoms with van der Waals surface area (Å²) < 4.78 is 0. The molecule has 2 aliphatic heterocycles. The Kier molecular flexibility index (Phi) is 4.36. The number of carbonyl (C=O) groups is 1. The van der Waals surface area contributed by atoms with Gasteiger partial charge >= 0.3 is 0 Å². The second kappa shape index (κ2) is 6.08. The molecule has 2 heterocycles. The third-order valence-corrected chi connectivity index (χ3v) is 5.79. The number of likely N-dealkylation sites (tertiary alicyclic amines) is 2. The van der Waals surface area contributed by atoms with Crippen LogP contribution in [0, 0.1) is 0 Å². The fourth-order valence-corrected chi connectivity index (χ4v) is 4.17. The average molecular weight is 311 g/mol. The molecule has 0 spiro atoms. The number of hydrogen-bond donors (Lipinski definition) is 3. The Labute approximate surface area is 132 Å². The average Bonchev–Trinajstić information content (AvgIpc) is 3.32. The van der Waals surface area contributed by atoms with Gasteiger partial charge in [-0.15, -0.1) is 0 Å². The highest BCUT2D eigenvalue weighted by Gasteiger charge is 2.49. The molecule has 0 bridgehead atoms. The van der Waals surface area contributed by atoms with E-state index in [1.165, 1.54) is 37.0 Å². The third-order valence-electron chi connectivity index (χ3n) is 5.41. The predicted molar refractivity (Wildman–Crippen MR) is 86.0 cm³/mol. The number of hydrogen-bond acceptors (Lipinski definition) is 2. The lowest BCUT2D eigenvalue weighted by molar-refractivity contribution is -0.948. The predicted octanol–water partition coefficient (Wildman–Crippen LogP) is -0.588. The van der Waals surface area contributed by atoms with Gasteiger partial charge in [-0.1, -0.05) is 0 Å². The summed E-state index contributed by atoms with van der Waals surface area (Å²) in [6.07, 6.45) is 7.87. The van der Waals surface area contributed by atoms with Gasteiger partial charge < -0.3 is 20.9 Å². The maximum absolute atomic E-state index is 12.2. The fourth-order valence-electron chi connectivity index (χ4n) is 3.82. The largest absolute Gasteiger partial charge is 0.364 e. The molecule has 1 saturated carbocycles. The number of carbonyl (C=O) groups excluding carboxylic acids is 1. The second-order valence-corrected chi connectivity index (χ2v) is 7.21. The van der Waals surface area contributed by atoms with E-state index < -0.39 is 0 Å². The molecule has 0 aromatic carbocycles. The van der Waals surface area contributed by atoms with Gasteiger partial charge in [0.25, 0.3) is 5.91 Å². The van der Waals surface area contributed by atoms with Gasteiger partial charge in [0, 0.05) is 32.0 Å². The highest BCUT2D eigenvalue weighted by molar-refractivity contribution is 7.80. The van der Waals surface area contributed by atoms with Crippen LogP contribution in [0.25, 0.3) is 0 Å². The molecule has 3 rings (SSSR count). The topological polar surface area (TPSA) is 62.8 Å². The van der Waals surface area contributed by atoms with E-state index in [0.29, 0.717) is 6.04 Å². The van der Waals surface area contributed by atoms with Crippen LogP contribution < -0.4 is 16.0 Å². The van der Waals surface area contributed by atoms with E-state index in [-0.39, 0.29) is 11.4 Å². The molecular weight excluding hydrogens is 284 g/mol. The zero-order valence-corrected chi connectivity index (χ0v) is 13.5. The van der Waals surface area contributed by atoms with Crippen LogP contribution in [0.3, 0.4) is 0 Å². The zero-order chi connectivity index (χ0) is 14.9. The number of nitrogens with two attached hydrogens (primary N) is 1. The summed E-state index contributed by atoms with van der Waals surface area (Å²) in [6, 6.07) is 0.591. The molecule has 1 amide bonds. The molecule has 4 N–H and O–H groups in total. The lowest BCUT2D eigenvalue weighted by Crippen LogP contribution is -3.22. The molecule has 3 aliphatic rings.